The second kappa shape index (κ2) is 12.3. The number of carbonyl (C=O) groups is 2. The maximum atomic E-state index is 12.4. The van der Waals surface area contributed by atoms with Crippen LogP contribution in [0.3, 0.4) is 0 Å². The minimum absolute atomic E-state index is 0.0411. The van der Waals surface area contributed by atoms with Crippen LogP contribution in [0, 0.1) is 0 Å². The van der Waals surface area contributed by atoms with E-state index in [1.54, 1.807) is 0 Å². The number of carbonyl (C=O) groups excluding carboxylic acids is 1. The summed E-state index contributed by atoms with van der Waals surface area (Å²) in [6, 6.07) is 0. The summed E-state index contributed by atoms with van der Waals surface area (Å²) < 4.78 is 0. The first kappa shape index (κ1) is 24.9. The summed E-state index contributed by atoms with van der Waals surface area (Å²) >= 11 is 0. The van der Waals surface area contributed by atoms with Crippen LogP contribution in [0.2, 0.25) is 0 Å². The van der Waals surface area contributed by atoms with E-state index in [-0.39, 0.29) is 23.4 Å². The predicted molar refractivity (Wildman–Crippen MR) is 107 cm³/mol. The topological polar surface area (TPSA) is 110 Å². The highest BCUT2D eigenvalue weighted by atomic mass is 16.4. The number of nitrogens with zero attached hydrogens (tertiary/aromatic N) is 1. The molecule has 154 valence electrons. The smallest absolute Gasteiger partial charge is 0.303 e. The summed E-state index contributed by atoms with van der Waals surface area (Å²) in [6.45, 7) is 9.39. The Kier molecular flexibility index (Phi) is 11.7. The van der Waals surface area contributed by atoms with Crippen LogP contribution in [0.25, 0.3) is 0 Å². The van der Waals surface area contributed by atoms with E-state index in [2.05, 4.69) is 13.8 Å². The molecule has 26 heavy (non-hydrogen) atoms. The van der Waals surface area contributed by atoms with Gasteiger partial charge in [0.05, 0.1) is 0 Å². The van der Waals surface area contributed by atoms with Gasteiger partial charge >= 0.3 is 5.97 Å². The number of carboxylic acid groups (broad SMARTS) is 1. The number of aliphatic carboxylic acids is 1. The molecule has 0 rings (SSSR count). The first-order chi connectivity index (χ1) is 11.9. The maximum absolute atomic E-state index is 12.4. The molecule has 0 aliphatic heterocycles. The summed E-state index contributed by atoms with van der Waals surface area (Å²) in [7, 11) is 0. The van der Waals surface area contributed by atoms with Crippen molar-refractivity contribution in [1.29, 1.82) is 0 Å². The summed E-state index contributed by atoms with van der Waals surface area (Å²) in [5, 5.41) is 8.72. The average Bonchev–Trinajstić information content (AvgIpc) is 2.46. The third kappa shape index (κ3) is 16.3. The zero-order chi connectivity index (χ0) is 20.2. The van der Waals surface area contributed by atoms with Crippen molar-refractivity contribution >= 4 is 11.9 Å². The molecule has 0 radical (unpaired) electrons. The second-order valence-corrected chi connectivity index (χ2v) is 8.87. The van der Waals surface area contributed by atoms with E-state index < -0.39 is 5.97 Å². The first-order valence-electron chi connectivity index (χ1n) is 9.98. The number of hydrogen-bond donors (Lipinski definition) is 3. The van der Waals surface area contributed by atoms with Gasteiger partial charge in [0, 0.05) is 37.0 Å². The molecule has 0 saturated carbocycles. The normalized spacial score (nSPS) is 12.2. The molecule has 0 fully saturated rings. The van der Waals surface area contributed by atoms with Crippen LogP contribution in [0.1, 0.15) is 91.9 Å². The molecule has 0 heterocycles. The van der Waals surface area contributed by atoms with Crippen molar-refractivity contribution in [3.63, 3.8) is 0 Å². The van der Waals surface area contributed by atoms with Crippen LogP contribution in [0.4, 0.5) is 0 Å². The molecular formula is C20H41N3O3. The maximum Gasteiger partial charge on any atom is 0.303 e. The number of carboxylic acids is 1. The van der Waals surface area contributed by atoms with Gasteiger partial charge in [-0.3, -0.25) is 9.59 Å². The molecule has 0 unspecified atom stereocenters. The molecule has 0 atom stereocenters. The summed E-state index contributed by atoms with van der Waals surface area (Å²) in [5.41, 5.74) is 11.6. The van der Waals surface area contributed by atoms with Gasteiger partial charge in [-0.05, 0) is 53.4 Å². The van der Waals surface area contributed by atoms with Gasteiger partial charge in [-0.25, -0.2) is 0 Å². The fourth-order valence-electron chi connectivity index (χ4n) is 2.75. The molecule has 6 nitrogen and oxygen atoms in total. The van der Waals surface area contributed by atoms with Gasteiger partial charge in [0.25, 0.3) is 0 Å². The number of hydrogen-bond acceptors (Lipinski definition) is 4. The van der Waals surface area contributed by atoms with Gasteiger partial charge < -0.3 is 21.5 Å². The van der Waals surface area contributed by atoms with E-state index in [9.17, 15) is 9.59 Å². The molecule has 0 aromatic rings. The highest BCUT2D eigenvalue weighted by Gasteiger charge is 2.18. The lowest BCUT2D eigenvalue weighted by Crippen LogP contribution is -2.40. The van der Waals surface area contributed by atoms with Crippen LogP contribution in [-0.2, 0) is 9.59 Å². The lowest BCUT2D eigenvalue weighted by atomic mass is 9.97. The molecule has 0 aliphatic rings. The van der Waals surface area contributed by atoms with Crippen molar-refractivity contribution in [2.75, 3.05) is 13.1 Å². The molecule has 6 heteroatoms. The van der Waals surface area contributed by atoms with E-state index in [4.69, 9.17) is 16.6 Å². The highest BCUT2D eigenvalue weighted by Crippen LogP contribution is 2.14. The minimum atomic E-state index is -0.854. The predicted octanol–water partition coefficient (Wildman–Crippen LogP) is 3.28. The third-order valence-corrected chi connectivity index (χ3v) is 4.41. The molecule has 0 aliphatic carbocycles. The van der Waals surface area contributed by atoms with Crippen molar-refractivity contribution in [2.24, 2.45) is 11.5 Å². The van der Waals surface area contributed by atoms with Gasteiger partial charge in [-0.2, -0.15) is 0 Å². The molecule has 1 amide bonds. The van der Waals surface area contributed by atoms with Gasteiger partial charge in [0.15, 0.2) is 0 Å². The number of amides is 1. The van der Waals surface area contributed by atoms with E-state index in [1.165, 1.54) is 6.42 Å². The van der Waals surface area contributed by atoms with Gasteiger partial charge in [-0.15, -0.1) is 0 Å². The average molecular weight is 372 g/mol. The highest BCUT2D eigenvalue weighted by molar-refractivity contribution is 5.77. The van der Waals surface area contributed by atoms with Gasteiger partial charge in [0.2, 0.25) is 5.91 Å². The fraction of sp³-hybridized carbons (Fsp3) is 0.900. The quantitative estimate of drug-likeness (QED) is 0.383. The summed E-state index contributed by atoms with van der Waals surface area (Å²) in [4.78, 5) is 24.9. The number of unbranched alkanes of at least 4 members (excludes halogenated alkanes) is 4. The lowest BCUT2D eigenvalue weighted by molar-refractivity contribution is -0.137. The van der Waals surface area contributed by atoms with Crippen molar-refractivity contribution < 1.29 is 14.7 Å². The fourth-order valence-corrected chi connectivity index (χ4v) is 2.75. The molecule has 0 saturated heterocycles. The SMILES string of the molecule is CC(C)(N)CCCCCCCN(CCC(C)(C)N)C(=O)CCCC(=O)O. The monoisotopic (exact) mass is 371 g/mol. The zero-order valence-electron chi connectivity index (χ0n) is 17.4. The van der Waals surface area contributed by atoms with E-state index in [1.807, 2.05) is 18.7 Å². The van der Waals surface area contributed by atoms with Gasteiger partial charge in [-0.1, -0.05) is 25.7 Å². The molecule has 0 spiro atoms. The van der Waals surface area contributed by atoms with Crippen LogP contribution < -0.4 is 11.5 Å². The van der Waals surface area contributed by atoms with E-state index >= 15 is 0 Å². The Morgan fingerprint density at radius 3 is 1.85 bits per heavy atom. The van der Waals surface area contributed by atoms with Gasteiger partial charge in [0.1, 0.15) is 0 Å². The lowest BCUT2D eigenvalue weighted by Gasteiger charge is -2.27. The van der Waals surface area contributed by atoms with Crippen molar-refractivity contribution in [3.05, 3.63) is 0 Å². The number of nitrogens with two attached hydrogens (primary N) is 2. The molecular weight excluding hydrogens is 330 g/mol. The Labute approximate surface area is 159 Å². The van der Waals surface area contributed by atoms with Crippen LogP contribution in [0.5, 0.6) is 0 Å². The largest absolute Gasteiger partial charge is 0.481 e. The van der Waals surface area contributed by atoms with Crippen LogP contribution in [0.15, 0.2) is 0 Å². The standard InChI is InChI=1S/C20H41N3O3/c1-19(2,21)13-8-6-5-7-9-15-23(16-14-20(3,4)22)17(24)11-10-12-18(25)26/h5-16,21-22H2,1-4H3,(H,25,26). The van der Waals surface area contributed by atoms with Crippen molar-refractivity contribution in [3.8, 4) is 0 Å². The zero-order valence-corrected chi connectivity index (χ0v) is 17.4. The molecule has 0 bridgehead atoms. The molecule has 5 N–H and O–H groups in total. The first-order valence-corrected chi connectivity index (χ1v) is 9.98. The van der Waals surface area contributed by atoms with Crippen LogP contribution >= 0.6 is 0 Å². The molecule has 0 aromatic heterocycles. The molecule has 0 aromatic carbocycles. The Hall–Kier alpha value is -1.14. The summed E-state index contributed by atoms with van der Waals surface area (Å²) in [6.07, 6.45) is 8.03. The third-order valence-electron chi connectivity index (χ3n) is 4.41. The van der Waals surface area contributed by atoms with Crippen LogP contribution in [-0.4, -0.2) is 46.1 Å². The minimum Gasteiger partial charge on any atom is -0.481 e. The van der Waals surface area contributed by atoms with E-state index in [0.717, 1.165) is 45.1 Å². The van der Waals surface area contributed by atoms with Crippen molar-refractivity contribution in [1.82, 2.24) is 4.90 Å². The Balaban J connectivity index is 4.18. The van der Waals surface area contributed by atoms with Crippen molar-refractivity contribution in [2.45, 2.75) is 103 Å². The Morgan fingerprint density at radius 2 is 1.31 bits per heavy atom. The number of rotatable bonds is 15. The Bertz CT molecular complexity index is 412. The van der Waals surface area contributed by atoms with E-state index in [0.29, 0.717) is 19.4 Å². The second-order valence-electron chi connectivity index (χ2n) is 8.87. The Morgan fingerprint density at radius 1 is 0.769 bits per heavy atom. The summed E-state index contributed by atoms with van der Waals surface area (Å²) in [5.74, 6) is -0.812.